The van der Waals surface area contributed by atoms with Gasteiger partial charge in [0.15, 0.2) is 5.76 Å². The summed E-state index contributed by atoms with van der Waals surface area (Å²) in [7, 11) is 0. The lowest BCUT2D eigenvalue weighted by Crippen LogP contribution is -2.17. The summed E-state index contributed by atoms with van der Waals surface area (Å²) in [6, 6.07) is 10.5. The Balaban J connectivity index is 1.57. The number of hydrogen-bond donors (Lipinski definition) is 1. The summed E-state index contributed by atoms with van der Waals surface area (Å²) in [5.74, 6) is 2.20. The molecule has 0 spiro atoms. The normalized spacial score (nSPS) is 14.1. The van der Waals surface area contributed by atoms with E-state index in [0.717, 1.165) is 41.7 Å². The van der Waals surface area contributed by atoms with Gasteiger partial charge in [-0.2, -0.15) is 0 Å². The first-order valence-electron chi connectivity index (χ1n) is 8.58. The highest BCUT2D eigenvalue weighted by atomic mass is 16.4. The second-order valence-electron chi connectivity index (χ2n) is 6.41. The van der Waals surface area contributed by atoms with E-state index >= 15 is 0 Å². The van der Waals surface area contributed by atoms with Crippen LogP contribution in [0.3, 0.4) is 0 Å². The highest BCUT2D eigenvalue weighted by molar-refractivity contribution is 5.59. The molecule has 6 nitrogen and oxygen atoms in total. The third kappa shape index (κ3) is 3.47. The summed E-state index contributed by atoms with van der Waals surface area (Å²) in [5, 5.41) is 3.26. The van der Waals surface area contributed by atoms with Gasteiger partial charge in [-0.25, -0.2) is 15.0 Å². The van der Waals surface area contributed by atoms with Gasteiger partial charge in [0, 0.05) is 18.8 Å². The summed E-state index contributed by atoms with van der Waals surface area (Å²) in [5.41, 5.74) is 2.90. The standard InChI is InChI=1S/C19H21N5O/c1-13-10-14(2)21-18(11-13)23-17-7-5-6-15(22-17)16-12-20-19(25-16)24-8-3-4-9-24/h5-7,10-12H,3-4,8-9H2,1-2H3,(H,21,22,23). The van der Waals surface area contributed by atoms with E-state index in [1.807, 2.05) is 37.3 Å². The van der Waals surface area contributed by atoms with Crippen molar-refractivity contribution < 1.29 is 4.42 Å². The largest absolute Gasteiger partial charge is 0.422 e. The molecule has 0 aromatic carbocycles. The first kappa shape index (κ1) is 15.6. The minimum Gasteiger partial charge on any atom is -0.422 e. The second kappa shape index (κ2) is 6.55. The van der Waals surface area contributed by atoms with Gasteiger partial charge in [-0.15, -0.1) is 0 Å². The Morgan fingerprint density at radius 2 is 1.88 bits per heavy atom. The number of aryl methyl sites for hydroxylation is 2. The van der Waals surface area contributed by atoms with E-state index in [2.05, 4.69) is 32.1 Å². The van der Waals surface area contributed by atoms with Gasteiger partial charge < -0.3 is 14.6 Å². The molecular weight excluding hydrogens is 314 g/mol. The van der Waals surface area contributed by atoms with Gasteiger partial charge in [-0.05, 0) is 56.5 Å². The molecule has 1 saturated heterocycles. The zero-order valence-corrected chi connectivity index (χ0v) is 14.5. The van der Waals surface area contributed by atoms with E-state index in [4.69, 9.17) is 4.42 Å². The Bertz CT molecular complexity index is 863. The molecule has 0 saturated carbocycles. The van der Waals surface area contributed by atoms with Crippen LogP contribution in [0.25, 0.3) is 11.5 Å². The number of oxazole rings is 1. The Labute approximate surface area is 146 Å². The molecule has 1 aliphatic rings. The van der Waals surface area contributed by atoms with Crippen molar-refractivity contribution in [3.05, 3.63) is 47.8 Å². The minimum atomic E-state index is 0.680. The van der Waals surface area contributed by atoms with Crippen molar-refractivity contribution in [2.45, 2.75) is 26.7 Å². The average Bonchev–Trinajstić information content (AvgIpc) is 3.26. The Morgan fingerprint density at radius 1 is 1.04 bits per heavy atom. The molecule has 1 N–H and O–H groups in total. The van der Waals surface area contributed by atoms with Gasteiger partial charge in [0.2, 0.25) is 0 Å². The van der Waals surface area contributed by atoms with Crippen LogP contribution in [0.15, 0.2) is 40.9 Å². The van der Waals surface area contributed by atoms with Crippen LogP contribution < -0.4 is 10.2 Å². The predicted octanol–water partition coefficient (Wildman–Crippen LogP) is 4.09. The third-order valence-electron chi connectivity index (χ3n) is 4.23. The summed E-state index contributed by atoms with van der Waals surface area (Å²) < 4.78 is 5.91. The Morgan fingerprint density at radius 3 is 2.68 bits per heavy atom. The summed E-state index contributed by atoms with van der Waals surface area (Å²) in [4.78, 5) is 15.7. The van der Waals surface area contributed by atoms with Crippen LogP contribution in [-0.2, 0) is 0 Å². The molecular formula is C19H21N5O. The van der Waals surface area contributed by atoms with Gasteiger partial charge in [0.1, 0.15) is 17.3 Å². The van der Waals surface area contributed by atoms with E-state index in [0.29, 0.717) is 11.8 Å². The van der Waals surface area contributed by atoms with Gasteiger partial charge in [-0.1, -0.05) is 6.07 Å². The fraction of sp³-hybridized carbons (Fsp3) is 0.316. The molecule has 0 atom stereocenters. The summed E-state index contributed by atoms with van der Waals surface area (Å²) in [6.45, 7) is 6.05. The molecule has 0 unspecified atom stereocenters. The number of aromatic nitrogens is 3. The number of pyridine rings is 2. The smallest absolute Gasteiger partial charge is 0.297 e. The fourth-order valence-electron chi connectivity index (χ4n) is 3.12. The monoisotopic (exact) mass is 335 g/mol. The van der Waals surface area contributed by atoms with Crippen LogP contribution in [0, 0.1) is 13.8 Å². The SMILES string of the molecule is Cc1cc(C)nc(Nc2cccc(-c3cnc(N4CCCC4)o3)n2)c1. The molecule has 4 heterocycles. The quantitative estimate of drug-likeness (QED) is 0.774. The fourth-order valence-corrected chi connectivity index (χ4v) is 3.12. The lowest BCUT2D eigenvalue weighted by atomic mass is 10.2. The van der Waals surface area contributed by atoms with Crippen molar-refractivity contribution in [3.8, 4) is 11.5 Å². The van der Waals surface area contributed by atoms with Crippen LogP contribution in [0.2, 0.25) is 0 Å². The Hall–Kier alpha value is -2.89. The number of nitrogens with zero attached hydrogens (tertiary/aromatic N) is 4. The van der Waals surface area contributed by atoms with Crippen molar-refractivity contribution in [2.75, 3.05) is 23.3 Å². The van der Waals surface area contributed by atoms with Crippen molar-refractivity contribution >= 4 is 17.7 Å². The summed E-state index contributed by atoms with van der Waals surface area (Å²) >= 11 is 0. The lowest BCUT2D eigenvalue weighted by Gasteiger charge is -2.11. The van der Waals surface area contributed by atoms with Gasteiger partial charge in [0.25, 0.3) is 6.01 Å². The number of nitrogens with one attached hydrogen (secondary N) is 1. The maximum Gasteiger partial charge on any atom is 0.297 e. The number of hydrogen-bond acceptors (Lipinski definition) is 6. The molecule has 25 heavy (non-hydrogen) atoms. The molecule has 1 fully saturated rings. The number of anilines is 3. The average molecular weight is 335 g/mol. The predicted molar refractivity (Wildman–Crippen MR) is 98.2 cm³/mol. The zero-order chi connectivity index (χ0) is 17.2. The van der Waals surface area contributed by atoms with E-state index in [1.165, 1.54) is 12.8 Å². The molecule has 0 bridgehead atoms. The van der Waals surface area contributed by atoms with Gasteiger partial charge in [0.05, 0.1) is 6.20 Å². The van der Waals surface area contributed by atoms with E-state index in [1.54, 1.807) is 6.20 Å². The van der Waals surface area contributed by atoms with Crippen LogP contribution in [-0.4, -0.2) is 28.0 Å². The van der Waals surface area contributed by atoms with E-state index in [9.17, 15) is 0 Å². The minimum absolute atomic E-state index is 0.680. The number of rotatable bonds is 4. The maximum atomic E-state index is 5.91. The van der Waals surface area contributed by atoms with Crippen LogP contribution in [0.4, 0.5) is 17.7 Å². The molecule has 128 valence electrons. The topological polar surface area (TPSA) is 67.1 Å². The molecule has 0 amide bonds. The highest BCUT2D eigenvalue weighted by Crippen LogP contribution is 2.26. The molecule has 6 heteroatoms. The van der Waals surface area contributed by atoms with Crippen molar-refractivity contribution in [3.63, 3.8) is 0 Å². The van der Waals surface area contributed by atoms with Crippen LogP contribution in [0.5, 0.6) is 0 Å². The molecule has 0 radical (unpaired) electrons. The van der Waals surface area contributed by atoms with Gasteiger partial charge in [-0.3, -0.25) is 0 Å². The molecule has 1 aliphatic heterocycles. The maximum absolute atomic E-state index is 5.91. The van der Waals surface area contributed by atoms with Crippen LogP contribution in [0.1, 0.15) is 24.1 Å². The molecule has 4 rings (SSSR count). The van der Waals surface area contributed by atoms with Gasteiger partial charge >= 0.3 is 0 Å². The van der Waals surface area contributed by atoms with E-state index in [-0.39, 0.29) is 0 Å². The van der Waals surface area contributed by atoms with Crippen molar-refractivity contribution in [1.29, 1.82) is 0 Å². The third-order valence-corrected chi connectivity index (χ3v) is 4.23. The highest BCUT2D eigenvalue weighted by Gasteiger charge is 2.18. The molecule has 3 aromatic rings. The lowest BCUT2D eigenvalue weighted by molar-refractivity contribution is 0.558. The first-order chi connectivity index (χ1) is 12.2. The zero-order valence-electron chi connectivity index (χ0n) is 14.5. The van der Waals surface area contributed by atoms with E-state index < -0.39 is 0 Å². The molecule has 0 aliphatic carbocycles. The second-order valence-corrected chi connectivity index (χ2v) is 6.41. The van der Waals surface area contributed by atoms with Crippen LogP contribution >= 0.6 is 0 Å². The molecule has 3 aromatic heterocycles. The summed E-state index contributed by atoms with van der Waals surface area (Å²) in [6.07, 6.45) is 4.13. The van der Waals surface area contributed by atoms with Crippen molar-refractivity contribution in [1.82, 2.24) is 15.0 Å². The Kier molecular flexibility index (Phi) is 4.09. The first-order valence-corrected chi connectivity index (χ1v) is 8.58. The van der Waals surface area contributed by atoms with Crippen molar-refractivity contribution in [2.24, 2.45) is 0 Å².